The molecule has 1 amide bonds. The average Bonchev–Trinajstić information content (AvgIpc) is 3.28. The SMILES string of the molecule is C[C@H](OC(=O)c1ccc(-n2cccc2)cc1)C(=O)N1CCCc2ccccc21. The summed E-state index contributed by atoms with van der Waals surface area (Å²) in [5.41, 5.74) is 3.45. The lowest BCUT2D eigenvalue weighted by molar-refractivity contribution is -0.126. The number of aryl methyl sites for hydroxylation is 1. The van der Waals surface area contributed by atoms with Crippen molar-refractivity contribution in [2.75, 3.05) is 11.4 Å². The van der Waals surface area contributed by atoms with Gasteiger partial charge in [0, 0.05) is 30.3 Å². The van der Waals surface area contributed by atoms with Crippen LogP contribution in [0.2, 0.25) is 0 Å². The summed E-state index contributed by atoms with van der Waals surface area (Å²) in [6.45, 7) is 2.27. The number of para-hydroxylation sites is 1. The quantitative estimate of drug-likeness (QED) is 0.649. The number of hydrogen-bond acceptors (Lipinski definition) is 3. The minimum absolute atomic E-state index is 0.190. The third kappa shape index (κ3) is 3.56. The number of carbonyl (C=O) groups is 2. The summed E-state index contributed by atoms with van der Waals surface area (Å²) in [7, 11) is 0. The molecule has 0 spiro atoms. The molecular weight excluding hydrogens is 352 g/mol. The zero-order chi connectivity index (χ0) is 19.5. The van der Waals surface area contributed by atoms with Gasteiger partial charge in [0.05, 0.1) is 5.56 Å². The van der Waals surface area contributed by atoms with Crippen LogP contribution in [0.15, 0.2) is 73.1 Å². The molecule has 0 bridgehead atoms. The van der Waals surface area contributed by atoms with E-state index in [1.54, 1.807) is 24.0 Å². The number of aromatic nitrogens is 1. The van der Waals surface area contributed by atoms with Gasteiger partial charge in [-0.2, -0.15) is 0 Å². The molecule has 5 heteroatoms. The fourth-order valence-corrected chi connectivity index (χ4v) is 3.54. The highest BCUT2D eigenvalue weighted by atomic mass is 16.5. The van der Waals surface area contributed by atoms with Gasteiger partial charge in [-0.1, -0.05) is 18.2 Å². The molecule has 142 valence electrons. The lowest BCUT2D eigenvalue weighted by Crippen LogP contribution is -2.42. The molecule has 1 atom stereocenters. The van der Waals surface area contributed by atoms with Gasteiger partial charge in [0.2, 0.25) is 0 Å². The van der Waals surface area contributed by atoms with E-state index in [9.17, 15) is 9.59 Å². The van der Waals surface area contributed by atoms with Crippen LogP contribution in [0.4, 0.5) is 5.69 Å². The highest BCUT2D eigenvalue weighted by Crippen LogP contribution is 2.27. The van der Waals surface area contributed by atoms with Crippen molar-refractivity contribution in [3.63, 3.8) is 0 Å². The number of hydrogen-bond donors (Lipinski definition) is 0. The molecule has 3 aromatic rings. The van der Waals surface area contributed by atoms with Crippen LogP contribution in [0.1, 0.15) is 29.3 Å². The normalized spacial score (nSPS) is 14.2. The largest absolute Gasteiger partial charge is 0.449 e. The maximum Gasteiger partial charge on any atom is 0.338 e. The number of nitrogens with zero attached hydrogens (tertiary/aromatic N) is 2. The number of ether oxygens (including phenoxy) is 1. The second-order valence-corrected chi connectivity index (χ2v) is 6.91. The Kier molecular flexibility index (Phi) is 4.98. The summed E-state index contributed by atoms with van der Waals surface area (Å²) in [6, 6.07) is 18.9. The highest BCUT2D eigenvalue weighted by molar-refractivity contribution is 5.99. The molecule has 2 heterocycles. The van der Waals surface area contributed by atoms with Crippen LogP contribution in [0.3, 0.4) is 0 Å². The average molecular weight is 374 g/mol. The maximum absolute atomic E-state index is 12.9. The number of carbonyl (C=O) groups excluding carboxylic acids is 2. The minimum Gasteiger partial charge on any atom is -0.449 e. The van der Waals surface area contributed by atoms with Crippen molar-refractivity contribution < 1.29 is 14.3 Å². The number of fused-ring (bicyclic) bond motifs is 1. The Morgan fingerprint density at radius 2 is 1.68 bits per heavy atom. The second kappa shape index (κ2) is 7.72. The molecule has 0 fully saturated rings. The minimum atomic E-state index is -0.845. The molecule has 1 aliphatic rings. The van der Waals surface area contributed by atoms with E-state index in [2.05, 4.69) is 0 Å². The summed E-state index contributed by atoms with van der Waals surface area (Å²) in [4.78, 5) is 27.1. The fourth-order valence-electron chi connectivity index (χ4n) is 3.54. The zero-order valence-corrected chi connectivity index (χ0v) is 15.7. The van der Waals surface area contributed by atoms with E-state index in [0.717, 1.165) is 29.8 Å². The van der Waals surface area contributed by atoms with E-state index in [-0.39, 0.29) is 5.91 Å². The van der Waals surface area contributed by atoms with Crippen LogP contribution < -0.4 is 4.90 Å². The molecule has 4 rings (SSSR count). The van der Waals surface area contributed by atoms with Gasteiger partial charge in [0.15, 0.2) is 6.10 Å². The first-order valence-corrected chi connectivity index (χ1v) is 9.47. The van der Waals surface area contributed by atoms with Crippen LogP contribution in [0.25, 0.3) is 5.69 Å². The third-order valence-electron chi connectivity index (χ3n) is 5.01. The molecule has 0 aliphatic carbocycles. The second-order valence-electron chi connectivity index (χ2n) is 6.91. The zero-order valence-electron chi connectivity index (χ0n) is 15.7. The summed E-state index contributed by atoms with van der Waals surface area (Å²) in [6.07, 6.45) is 4.89. The standard InChI is InChI=1S/C23H22N2O3/c1-17(22(26)25-16-6-8-18-7-2-3-9-21(18)25)28-23(27)19-10-12-20(13-11-19)24-14-4-5-15-24/h2-5,7,9-15,17H,6,8,16H2,1H3/t17-/m0/s1. The number of amides is 1. The number of benzene rings is 2. The molecule has 0 saturated heterocycles. The van der Waals surface area contributed by atoms with Crippen molar-refractivity contribution >= 4 is 17.6 Å². The van der Waals surface area contributed by atoms with Gasteiger partial charge in [-0.3, -0.25) is 4.79 Å². The highest BCUT2D eigenvalue weighted by Gasteiger charge is 2.28. The number of esters is 1. The third-order valence-corrected chi connectivity index (χ3v) is 5.01. The van der Waals surface area contributed by atoms with E-state index in [1.165, 1.54) is 0 Å². The Morgan fingerprint density at radius 1 is 0.964 bits per heavy atom. The Balaban J connectivity index is 1.44. The van der Waals surface area contributed by atoms with Crippen molar-refractivity contribution in [2.45, 2.75) is 25.9 Å². The lowest BCUT2D eigenvalue weighted by Gasteiger charge is -2.31. The van der Waals surface area contributed by atoms with Gasteiger partial charge >= 0.3 is 5.97 Å². The van der Waals surface area contributed by atoms with Crippen LogP contribution in [0, 0.1) is 0 Å². The Morgan fingerprint density at radius 3 is 2.43 bits per heavy atom. The van der Waals surface area contributed by atoms with Crippen LogP contribution in [-0.4, -0.2) is 29.1 Å². The molecule has 0 radical (unpaired) electrons. The molecule has 1 aliphatic heterocycles. The topological polar surface area (TPSA) is 51.5 Å². The molecule has 1 aromatic heterocycles. The van der Waals surface area contributed by atoms with Gasteiger partial charge < -0.3 is 14.2 Å². The van der Waals surface area contributed by atoms with Crippen molar-refractivity contribution in [2.24, 2.45) is 0 Å². The van der Waals surface area contributed by atoms with Gasteiger partial charge in [0.25, 0.3) is 5.91 Å². The van der Waals surface area contributed by atoms with Gasteiger partial charge in [0.1, 0.15) is 0 Å². The summed E-state index contributed by atoms with van der Waals surface area (Å²) < 4.78 is 7.41. The van der Waals surface area contributed by atoms with Crippen LogP contribution in [0.5, 0.6) is 0 Å². The molecule has 5 nitrogen and oxygen atoms in total. The van der Waals surface area contributed by atoms with Crippen molar-refractivity contribution in [1.29, 1.82) is 0 Å². The summed E-state index contributed by atoms with van der Waals surface area (Å²) in [5.74, 6) is -0.685. The first-order valence-electron chi connectivity index (χ1n) is 9.47. The van der Waals surface area contributed by atoms with Gasteiger partial charge in [-0.15, -0.1) is 0 Å². The van der Waals surface area contributed by atoms with Crippen molar-refractivity contribution in [3.05, 3.63) is 84.2 Å². The molecule has 28 heavy (non-hydrogen) atoms. The number of anilines is 1. The monoisotopic (exact) mass is 374 g/mol. The molecule has 0 unspecified atom stereocenters. The molecule has 2 aromatic carbocycles. The van der Waals surface area contributed by atoms with E-state index in [0.29, 0.717) is 12.1 Å². The first kappa shape index (κ1) is 18.0. The van der Waals surface area contributed by atoms with E-state index in [1.807, 2.05) is 65.5 Å². The Bertz CT molecular complexity index is 977. The first-order chi connectivity index (χ1) is 13.6. The van der Waals surface area contributed by atoms with Gasteiger partial charge in [-0.25, -0.2) is 4.79 Å². The van der Waals surface area contributed by atoms with E-state index < -0.39 is 12.1 Å². The van der Waals surface area contributed by atoms with Crippen molar-refractivity contribution in [3.8, 4) is 5.69 Å². The molecule has 0 N–H and O–H groups in total. The Labute approximate surface area is 164 Å². The van der Waals surface area contributed by atoms with Crippen LogP contribution in [-0.2, 0) is 16.0 Å². The fraction of sp³-hybridized carbons (Fsp3) is 0.217. The predicted molar refractivity (Wildman–Crippen MR) is 108 cm³/mol. The lowest BCUT2D eigenvalue weighted by atomic mass is 10.0. The molecular formula is C23H22N2O3. The smallest absolute Gasteiger partial charge is 0.338 e. The summed E-state index contributed by atoms with van der Waals surface area (Å²) >= 11 is 0. The van der Waals surface area contributed by atoms with Crippen LogP contribution >= 0.6 is 0 Å². The Hall–Kier alpha value is -3.34. The maximum atomic E-state index is 12.9. The van der Waals surface area contributed by atoms with Crippen molar-refractivity contribution in [1.82, 2.24) is 4.57 Å². The van der Waals surface area contributed by atoms with E-state index >= 15 is 0 Å². The summed E-state index contributed by atoms with van der Waals surface area (Å²) in [5, 5.41) is 0. The predicted octanol–water partition coefficient (Wildman–Crippen LogP) is 4.00. The van der Waals surface area contributed by atoms with E-state index in [4.69, 9.17) is 4.74 Å². The molecule has 0 saturated carbocycles. The van der Waals surface area contributed by atoms with Gasteiger partial charge in [-0.05, 0) is 67.8 Å². The number of rotatable bonds is 4.